The van der Waals surface area contributed by atoms with Gasteiger partial charge in [0.05, 0.1) is 13.2 Å². The van der Waals surface area contributed by atoms with Gasteiger partial charge in [-0.15, -0.1) is 0 Å². The number of aryl methyl sites for hydroxylation is 1. The summed E-state index contributed by atoms with van der Waals surface area (Å²) in [6.07, 6.45) is 0.879. The van der Waals surface area contributed by atoms with Crippen LogP contribution < -0.4 is 10.5 Å². The highest BCUT2D eigenvalue weighted by atomic mass is 16.5. The normalized spacial score (nSPS) is 11.5. The number of hydrogen-bond acceptors (Lipinski definition) is 3. The van der Waals surface area contributed by atoms with Gasteiger partial charge in [-0.1, -0.05) is 17.7 Å². The molecule has 96 valence electrons. The Bertz CT molecular complexity index is 314. The van der Waals surface area contributed by atoms with E-state index < -0.39 is 0 Å². The molecule has 17 heavy (non-hydrogen) atoms. The first-order valence-electron chi connectivity index (χ1n) is 6.03. The van der Waals surface area contributed by atoms with Crippen molar-refractivity contribution < 1.29 is 9.47 Å². The van der Waals surface area contributed by atoms with Crippen LogP contribution in [0.2, 0.25) is 0 Å². The summed E-state index contributed by atoms with van der Waals surface area (Å²) in [6.45, 7) is 7.91. The van der Waals surface area contributed by atoms with Gasteiger partial charge < -0.3 is 15.2 Å². The van der Waals surface area contributed by atoms with Crippen LogP contribution in [-0.2, 0) is 4.74 Å². The van der Waals surface area contributed by atoms with E-state index in [1.807, 2.05) is 38.1 Å². The number of ether oxygens (including phenoxy) is 2. The molecule has 0 unspecified atom stereocenters. The highest BCUT2D eigenvalue weighted by Gasteiger charge is 2.09. The van der Waals surface area contributed by atoms with E-state index in [0.717, 1.165) is 12.2 Å². The second-order valence-electron chi connectivity index (χ2n) is 5.06. The summed E-state index contributed by atoms with van der Waals surface area (Å²) < 4.78 is 11.0. The molecular weight excluding hydrogens is 214 g/mol. The summed E-state index contributed by atoms with van der Waals surface area (Å²) in [5.74, 6) is 0.912. The fraction of sp³-hybridized carbons (Fsp3) is 0.571. The summed E-state index contributed by atoms with van der Waals surface area (Å²) in [5, 5.41) is 0. The molecule has 0 saturated heterocycles. The predicted octanol–water partition coefficient (Wildman–Crippen LogP) is 2.52. The van der Waals surface area contributed by atoms with Crippen molar-refractivity contribution in [1.29, 1.82) is 0 Å². The lowest BCUT2D eigenvalue weighted by atomic mass is 10.1. The molecule has 3 heteroatoms. The van der Waals surface area contributed by atoms with Crippen LogP contribution in [0.3, 0.4) is 0 Å². The molecule has 0 spiro atoms. The van der Waals surface area contributed by atoms with E-state index in [1.165, 1.54) is 5.56 Å². The second-order valence-corrected chi connectivity index (χ2v) is 5.06. The molecule has 0 saturated carbocycles. The predicted molar refractivity (Wildman–Crippen MR) is 70.4 cm³/mol. The van der Waals surface area contributed by atoms with Gasteiger partial charge >= 0.3 is 0 Å². The van der Waals surface area contributed by atoms with Crippen molar-refractivity contribution in [3.63, 3.8) is 0 Å². The molecule has 3 nitrogen and oxygen atoms in total. The lowest BCUT2D eigenvalue weighted by Crippen LogP contribution is -2.37. The average molecular weight is 237 g/mol. The van der Waals surface area contributed by atoms with Crippen molar-refractivity contribution >= 4 is 0 Å². The molecule has 0 atom stereocenters. The molecule has 1 aromatic rings. The first-order valence-corrected chi connectivity index (χ1v) is 6.03. The van der Waals surface area contributed by atoms with Crippen molar-refractivity contribution in [1.82, 2.24) is 0 Å². The Morgan fingerprint density at radius 2 is 1.76 bits per heavy atom. The van der Waals surface area contributed by atoms with Crippen molar-refractivity contribution in [3.05, 3.63) is 29.8 Å². The van der Waals surface area contributed by atoms with Crippen molar-refractivity contribution in [2.24, 2.45) is 5.73 Å². The summed E-state index contributed by atoms with van der Waals surface area (Å²) in [7, 11) is 0. The molecule has 1 rings (SSSR count). The SMILES string of the molecule is Cc1ccc(OCCCOCC(C)(C)N)cc1. The average Bonchev–Trinajstić information content (AvgIpc) is 2.24. The van der Waals surface area contributed by atoms with E-state index in [0.29, 0.717) is 19.8 Å². The Kier molecular flexibility index (Phi) is 5.45. The first kappa shape index (κ1) is 14.0. The number of nitrogens with two attached hydrogens (primary N) is 1. The molecule has 0 bridgehead atoms. The minimum Gasteiger partial charge on any atom is -0.494 e. The maximum atomic E-state index is 5.80. The van der Waals surface area contributed by atoms with Gasteiger partial charge in [-0.05, 0) is 32.9 Å². The van der Waals surface area contributed by atoms with Crippen LogP contribution in [0.15, 0.2) is 24.3 Å². The van der Waals surface area contributed by atoms with Gasteiger partial charge in [0.15, 0.2) is 0 Å². The van der Waals surface area contributed by atoms with E-state index in [4.69, 9.17) is 15.2 Å². The first-order chi connectivity index (χ1) is 7.97. The zero-order valence-corrected chi connectivity index (χ0v) is 11.0. The lowest BCUT2D eigenvalue weighted by molar-refractivity contribution is 0.0870. The smallest absolute Gasteiger partial charge is 0.119 e. The van der Waals surface area contributed by atoms with Gasteiger partial charge in [-0.2, -0.15) is 0 Å². The molecule has 0 heterocycles. The summed E-state index contributed by atoms with van der Waals surface area (Å²) in [4.78, 5) is 0. The van der Waals surface area contributed by atoms with Crippen molar-refractivity contribution in [2.75, 3.05) is 19.8 Å². The third kappa shape index (κ3) is 6.97. The van der Waals surface area contributed by atoms with Crippen LogP contribution >= 0.6 is 0 Å². The molecule has 0 aliphatic heterocycles. The maximum Gasteiger partial charge on any atom is 0.119 e. The number of benzene rings is 1. The molecule has 1 aromatic carbocycles. The fourth-order valence-electron chi connectivity index (χ4n) is 1.32. The van der Waals surface area contributed by atoms with Crippen molar-refractivity contribution in [3.8, 4) is 5.75 Å². The van der Waals surface area contributed by atoms with Gasteiger partial charge in [-0.3, -0.25) is 0 Å². The second kappa shape index (κ2) is 6.62. The van der Waals surface area contributed by atoms with E-state index in [1.54, 1.807) is 0 Å². The van der Waals surface area contributed by atoms with Crippen molar-refractivity contribution in [2.45, 2.75) is 32.7 Å². The van der Waals surface area contributed by atoms with Crippen LogP contribution in [-0.4, -0.2) is 25.4 Å². The van der Waals surface area contributed by atoms with E-state index >= 15 is 0 Å². The Labute approximate surface area is 104 Å². The van der Waals surface area contributed by atoms with Crippen LogP contribution in [0.1, 0.15) is 25.8 Å². The summed E-state index contributed by atoms with van der Waals surface area (Å²) in [6, 6.07) is 8.06. The molecule has 0 fully saturated rings. The molecule has 0 aliphatic carbocycles. The highest BCUT2D eigenvalue weighted by molar-refractivity contribution is 5.26. The van der Waals surface area contributed by atoms with Crippen LogP contribution in [0.4, 0.5) is 0 Å². The number of rotatable bonds is 7. The number of hydrogen-bond donors (Lipinski definition) is 1. The topological polar surface area (TPSA) is 44.5 Å². The minimum absolute atomic E-state index is 0.252. The van der Waals surface area contributed by atoms with Gasteiger partial charge in [0.25, 0.3) is 0 Å². The maximum absolute atomic E-state index is 5.80. The minimum atomic E-state index is -0.252. The highest BCUT2D eigenvalue weighted by Crippen LogP contribution is 2.11. The molecular formula is C14H23NO2. The Morgan fingerprint density at radius 3 is 2.35 bits per heavy atom. The molecule has 0 radical (unpaired) electrons. The third-order valence-electron chi connectivity index (χ3n) is 2.20. The standard InChI is InChI=1S/C14H23NO2/c1-12-5-7-13(8-6-12)17-10-4-9-16-11-14(2,3)15/h5-8H,4,9-11,15H2,1-3H3. The lowest BCUT2D eigenvalue weighted by Gasteiger charge is -2.18. The van der Waals surface area contributed by atoms with Gasteiger partial charge in [0, 0.05) is 18.6 Å². The van der Waals surface area contributed by atoms with E-state index in [2.05, 4.69) is 6.92 Å². The van der Waals surface area contributed by atoms with Gasteiger partial charge in [0.2, 0.25) is 0 Å². The molecule has 2 N–H and O–H groups in total. The van der Waals surface area contributed by atoms with E-state index in [-0.39, 0.29) is 5.54 Å². The quantitative estimate of drug-likeness (QED) is 0.741. The Balaban J connectivity index is 2.07. The van der Waals surface area contributed by atoms with E-state index in [9.17, 15) is 0 Å². The molecule has 0 aliphatic rings. The van der Waals surface area contributed by atoms with Crippen LogP contribution in [0.25, 0.3) is 0 Å². The zero-order valence-electron chi connectivity index (χ0n) is 11.0. The molecule has 0 amide bonds. The van der Waals surface area contributed by atoms with Crippen LogP contribution in [0, 0.1) is 6.92 Å². The third-order valence-corrected chi connectivity index (χ3v) is 2.20. The Morgan fingerprint density at radius 1 is 1.12 bits per heavy atom. The summed E-state index contributed by atoms with van der Waals surface area (Å²) >= 11 is 0. The largest absolute Gasteiger partial charge is 0.494 e. The monoisotopic (exact) mass is 237 g/mol. The fourth-order valence-corrected chi connectivity index (χ4v) is 1.32. The Hall–Kier alpha value is -1.06. The van der Waals surface area contributed by atoms with Gasteiger partial charge in [-0.25, -0.2) is 0 Å². The molecule has 0 aromatic heterocycles. The van der Waals surface area contributed by atoms with Crippen LogP contribution in [0.5, 0.6) is 5.75 Å². The summed E-state index contributed by atoms with van der Waals surface area (Å²) in [5.41, 5.74) is 6.79. The van der Waals surface area contributed by atoms with Gasteiger partial charge in [0.1, 0.15) is 5.75 Å². The zero-order chi connectivity index (χ0) is 12.7.